The highest BCUT2D eigenvalue weighted by atomic mass is 32.1. The Morgan fingerprint density at radius 3 is 2.82 bits per heavy atom. The average molecular weight is 257 g/mol. The zero-order valence-electron chi connectivity index (χ0n) is 9.98. The first-order valence-corrected chi connectivity index (χ1v) is 6.69. The Kier molecular flexibility index (Phi) is 4.06. The average Bonchev–Trinajstić information content (AvgIpc) is 2.69. The third-order valence-corrected chi connectivity index (χ3v) is 4.05. The van der Waals surface area contributed by atoms with E-state index in [1.54, 1.807) is 7.11 Å². The third-order valence-electron chi connectivity index (χ3n) is 3.25. The Morgan fingerprint density at radius 1 is 1.47 bits per heavy atom. The zero-order chi connectivity index (χ0) is 12.3. The number of hydrogen-bond donors (Lipinski definition) is 3. The summed E-state index contributed by atoms with van der Waals surface area (Å²) in [5, 5.41) is 13.7. The minimum absolute atomic E-state index is 0.0974. The van der Waals surface area contributed by atoms with Crippen LogP contribution in [-0.2, 0) is 0 Å². The highest BCUT2D eigenvalue weighted by molar-refractivity contribution is 7.11. The predicted molar refractivity (Wildman–Crippen MR) is 69.5 cm³/mol. The van der Waals surface area contributed by atoms with E-state index in [1.807, 2.05) is 0 Å². The second-order valence-electron chi connectivity index (χ2n) is 4.49. The lowest BCUT2D eigenvalue weighted by Gasteiger charge is -2.25. The molecule has 2 rings (SSSR count). The van der Waals surface area contributed by atoms with Gasteiger partial charge in [0.1, 0.15) is 0 Å². The minimum atomic E-state index is -0.0974. The van der Waals surface area contributed by atoms with Crippen LogP contribution in [0.3, 0.4) is 0 Å². The lowest BCUT2D eigenvalue weighted by Crippen LogP contribution is -2.23. The fourth-order valence-corrected chi connectivity index (χ4v) is 2.88. The monoisotopic (exact) mass is 257 g/mol. The molecule has 1 fully saturated rings. The first-order chi connectivity index (χ1) is 8.20. The van der Waals surface area contributed by atoms with Crippen LogP contribution < -0.4 is 15.8 Å². The van der Waals surface area contributed by atoms with Crippen molar-refractivity contribution in [3.05, 3.63) is 0 Å². The van der Waals surface area contributed by atoms with Gasteiger partial charge in [-0.2, -0.15) is 4.37 Å². The van der Waals surface area contributed by atoms with Crippen molar-refractivity contribution < 1.29 is 9.84 Å². The molecular formula is C11H19N3O2S. The van der Waals surface area contributed by atoms with Crippen molar-refractivity contribution in [2.24, 2.45) is 5.92 Å². The smallest absolute Gasteiger partial charge is 0.197 e. The number of nitrogen functional groups attached to an aromatic ring is 1. The van der Waals surface area contributed by atoms with Gasteiger partial charge in [-0.1, -0.05) is 0 Å². The molecule has 0 atom stereocenters. The van der Waals surface area contributed by atoms with E-state index in [-0.39, 0.29) is 6.10 Å². The van der Waals surface area contributed by atoms with E-state index in [0.717, 1.165) is 37.2 Å². The molecule has 96 valence electrons. The Labute approximate surface area is 105 Å². The molecule has 5 nitrogen and oxygen atoms in total. The molecule has 1 aromatic rings. The molecular weight excluding hydrogens is 238 g/mol. The van der Waals surface area contributed by atoms with Crippen LogP contribution in [0.2, 0.25) is 0 Å². The molecule has 0 aliphatic heterocycles. The number of nitrogens with zero attached hydrogens (tertiary/aromatic N) is 1. The van der Waals surface area contributed by atoms with Crippen molar-refractivity contribution in [2.45, 2.75) is 31.8 Å². The van der Waals surface area contributed by atoms with Gasteiger partial charge in [-0.3, -0.25) is 0 Å². The van der Waals surface area contributed by atoms with Gasteiger partial charge in [-0.15, -0.1) is 0 Å². The lowest BCUT2D eigenvalue weighted by molar-refractivity contribution is 0.111. The van der Waals surface area contributed by atoms with Crippen LogP contribution in [-0.4, -0.2) is 29.2 Å². The number of anilines is 2. The number of ether oxygens (including phenoxy) is 1. The van der Waals surface area contributed by atoms with E-state index in [0.29, 0.717) is 17.5 Å². The summed E-state index contributed by atoms with van der Waals surface area (Å²) in [6.45, 7) is 0.894. The van der Waals surface area contributed by atoms with Gasteiger partial charge in [0.05, 0.1) is 13.2 Å². The molecule has 0 radical (unpaired) electrons. The summed E-state index contributed by atoms with van der Waals surface area (Å²) >= 11 is 1.33. The zero-order valence-corrected chi connectivity index (χ0v) is 10.8. The quantitative estimate of drug-likeness (QED) is 0.765. The second-order valence-corrected chi connectivity index (χ2v) is 5.26. The van der Waals surface area contributed by atoms with Crippen LogP contribution in [0.25, 0.3) is 0 Å². The fraction of sp³-hybridized carbons (Fsp3) is 0.727. The largest absolute Gasteiger partial charge is 0.490 e. The number of hydrogen-bond acceptors (Lipinski definition) is 6. The van der Waals surface area contributed by atoms with Gasteiger partial charge in [-0.25, -0.2) is 0 Å². The normalized spacial score (nSPS) is 24.6. The third kappa shape index (κ3) is 3.01. The number of aliphatic hydroxyl groups is 1. The predicted octanol–water partition coefficient (Wildman–Crippen LogP) is 1.70. The topological polar surface area (TPSA) is 80.4 Å². The Balaban J connectivity index is 1.85. The van der Waals surface area contributed by atoms with Crippen LogP contribution >= 0.6 is 11.5 Å². The van der Waals surface area contributed by atoms with Gasteiger partial charge in [-0.05, 0) is 43.1 Å². The lowest BCUT2D eigenvalue weighted by atomic mass is 9.87. The van der Waals surface area contributed by atoms with Crippen LogP contribution in [0.15, 0.2) is 0 Å². The Hall–Kier alpha value is -1.01. The highest BCUT2D eigenvalue weighted by Crippen LogP contribution is 2.35. The number of rotatable bonds is 4. The van der Waals surface area contributed by atoms with Crippen LogP contribution in [0.5, 0.6) is 5.75 Å². The first kappa shape index (κ1) is 12.4. The molecule has 0 amide bonds. The maximum Gasteiger partial charge on any atom is 0.197 e. The summed E-state index contributed by atoms with van der Waals surface area (Å²) in [6, 6.07) is 0. The number of nitrogens with two attached hydrogens (primary N) is 1. The van der Waals surface area contributed by atoms with Crippen LogP contribution in [0.4, 0.5) is 10.8 Å². The number of aliphatic hydroxyl groups excluding tert-OH is 1. The molecule has 0 unspecified atom stereocenters. The molecule has 1 heterocycles. The number of aromatic nitrogens is 1. The van der Waals surface area contributed by atoms with Crippen molar-refractivity contribution in [2.75, 3.05) is 24.7 Å². The molecule has 1 aromatic heterocycles. The van der Waals surface area contributed by atoms with E-state index in [9.17, 15) is 5.11 Å². The summed E-state index contributed by atoms with van der Waals surface area (Å²) in [5.74, 6) is 1.70. The molecule has 0 saturated heterocycles. The van der Waals surface area contributed by atoms with Gasteiger partial charge in [0.15, 0.2) is 16.6 Å². The van der Waals surface area contributed by atoms with Crippen molar-refractivity contribution in [1.29, 1.82) is 0 Å². The van der Waals surface area contributed by atoms with Gasteiger partial charge in [0.2, 0.25) is 0 Å². The van der Waals surface area contributed by atoms with Crippen molar-refractivity contribution >= 4 is 22.4 Å². The van der Waals surface area contributed by atoms with Gasteiger partial charge in [0, 0.05) is 6.54 Å². The summed E-state index contributed by atoms with van der Waals surface area (Å²) < 4.78 is 9.25. The highest BCUT2D eigenvalue weighted by Gasteiger charge is 2.20. The van der Waals surface area contributed by atoms with E-state index in [2.05, 4.69) is 9.69 Å². The summed E-state index contributed by atoms with van der Waals surface area (Å²) in [7, 11) is 1.60. The minimum Gasteiger partial charge on any atom is -0.490 e. The molecule has 1 aliphatic carbocycles. The van der Waals surface area contributed by atoms with Crippen LogP contribution in [0, 0.1) is 5.92 Å². The molecule has 0 spiro atoms. The van der Waals surface area contributed by atoms with Crippen molar-refractivity contribution in [3.8, 4) is 5.75 Å². The van der Waals surface area contributed by atoms with Gasteiger partial charge >= 0.3 is 0 Å². The van der Waals surface area contributed by atoms with Gasteiger partial charge < -0.3 is 20.9 Å². The molecule has 4 N–H and O–H groups in total. The standard InChI is InChI=1S/C11H19N3O2S/c1-16-9-10(12)14-17-11(9)13-6-7-2-4-8(15)5-3-7/h7-8,13,15H,2-6H2,1H3,(H2,12,14). The number of methoxy groups -OCH3 is 1. The maximum atomic E-state index is 9.43. The van der Waals surface area contributed by atoms with E-state index < -0.39 is 0 Å². The Bertz CT molecular complexity index is 362. The fourth-order valence-electron chi connectivity index (χ4n) is 2.19. The number of nitrogens with one attached hydrogen (secondary N) is 1. The SMILES string of the molecule is COc1c(N)nsc1NCC1CCC(O)CC1. The maximum absolute atomic E-state index is 9.43. The molecule has 17 heavy (non-hydrogen) atoms. The molecule has 0 bridgehead atoms. The van der Waals surface area contributed by atoms with Gasteiger partial charge in [0.25, 0.3) is 0 Å². The summed E-state index contributed by atoms with van der Waals surface area (Å²) in [5.41, 5.74) is 5.68. The molecule has 1 aliphatic rings. The summed E-state index contributed by atoms with van der Waals surface area (Å²) in [6.07, 6.45) is 3.87. The molecule has 1 saturated carbocycles. The van der Waals surface area contributed by atoms with E-state index in [4.69, 9.17) is 10.5 Å². The van der Waals surface area contributed by atoms with Crippen LogP contribution in [0.1, 0.15) is 25.7 Å². The molecule has 0 aromatic carbocycles. The molecule has 6 heteroatoms. The van der Waals surface area contributed by atoms with E-state index >= 15 is 0 Å². The van der Waals surface area contributed by atoms with Crippen molar-refractivity contribution in [3.63, 3.8) is 0 Å². The Morgan fingerprint density at radius 2 is 2.18 bits per heavy atom. The van der Waals surface area contributed by atoms with E-state index in [1.165, 1.54) is 11.5 Å². The summed E-state index contributed by atoms with van der Waals surface area (Å²) in [4.78, 5) is 0. The first-order valence-electron chi connectivity index (χ1n) is 5.91. The van der Waals surface area contributed by atoms with Crippen molar-refractivity contribution in [1.82, 2.24) is 4.37 Å². The second kappa shape index (κ2) is 5.55.